The van der Waals surface area contributed by atoms with Gasteiger partial charge in [0, 0.05) is 35.4 Å². The predicted molar refractivity (Wildman–Crippen MR) is 112 cm³/mol. The van der Waals surface area contributed by atoms with Crippen LogP contribution in [0, 0.1) is 36.7 Å². The summed E-state index contributed by atoms with van der Waals surface area (Å²) in [5.74, 6) is -3.07. The highest BCUT2D eigenvalue weighted by molar-refractivity contribution is 14.2. The summed E-state index contributed by atoms with van der Waals surface area (Å²) in [5.41, 5.74) is 0.467. The summed E-state index contributed by atoms with van der Waals surface area (Å²) in [6.07, 6.45) is 3.94. The van der Waals surface area contributed by atoms with Crippen LogP contribution in [-0.4, -0.2) is 17.1 Å². The average molecular weight is 506 g/mol. The highest BCUT2D eigenvalue weighted by Crippen LogP contribution is 2.32. The summed E-state index contributed by atoms with van der Waals surface area (Å²) in [4.78, 5) is 15.9. The molecular formula is C17H15F3IN4OP. The standard InChI is InChI=1S/C17H15F3IN4OP/c1-8-13(19)7-23-9(2)16(8)24-14(26)4-3-11-12(18)5-10(6-22)17(15(11)20)25-27-21/h3-7,22,25,27H,1-2H3,(H,24,26)/b4-3+,22-6?. The van der Waals surface area contributed by atoms with Crippen molar-refractivity contribution in [2.24, 2.45) is 0 Å². The second kappa shape index (κ2) is 9.27. The Hall–Kier alpha value is -2.00. The Kier molecular flexibility index (Phi) is 7.32. The molecule has 1 amide bonds. The van der Waals surface area contributed by atoms with Gasteiger partial charge in [0.05, 0.1) is 23.3 Å². The molecule has 27 heavy (non-hydrogen) atoms. The van der Waals surface area contributed by atoms with E-state index in [0.717, 1.165) is 30.6 Å². The van der Waals surface area contributed by atoms with Crippen molar-refractivity contribution in [1.29, 1.82) is 5.41 Å². The third-order valence-corrected chi connectivity index (χ3v) is 4.88. The number of rotatable bonds is 6. The minimum absolute atomic E-state index is 0.0137. The number of carbonyl (C=O) groups excluding carboxylic acids is 1. The van der Waals surface area contributed by atoms with Crippen molar-refractivity contribution in [3.63, 3.8) is 0 Å². The largest absolute Gasteiger partial charge is 0.356 e. The smallest absolute Gasteiger partial charge is 0.248 e. The molecule has 3 N–H and O–H groups in total. The summed E-state index contributed by atoms with van der Waals surface area (Å²) in [7, 11) is 0. The summed E-state index contributed by atoms with van der Waals surface area (Å²) in [6, 6.07) is 1.01. The van der Waals surface area contributed by atoms with Gasteiger partial charge in [-0.05, 0) is 48.0 Å². The molecule has 2 rings (SSSR count). The van der Waals surface area contributed by atoms with E-state index < -0.39 is 28.9 Å². The van der Waals surface area contributed by atoms with Gasteiger partial charge in [0.2, 0.25) is 5.91 Å². The molecule has 10 heteroatoms. The Morgan fingerprint density at radius 3 is 2.59 bits per heavy atom. The molecule has 0 radical (unpaired) electrons. The molecule has 142 valence electrons. The monoisotopic (exact) mass is 506 g/mol. The van der Waals surface area contributed by atoms with Crippen LogP contribution in [0.1, 0.15) is 22.4 Å². The number of hydrogen-bond donors (Lipinski definition) is 3. The molecule has 1 atom stereocenters. The Bertz CT molecular complexity index is 937. The number of hydrogen-bond acceptors (Lipinski definition) is 4. The van der Waals surface area contributed by atoms with Crippen molar-refractivity contribution >= 4 is 58.0 Å². The normalized spacial score (nSPS) is 11.3. The number of aromatic nitrogens is 1. The maximum absolute atomic E-state index is 14.6. The summed E-state index contributed by atoms with van der Waals surface area (Å²) in [5, 5.41) is 12.5. The van der Waals surface area contributed by atoms with E-state index in [0.29, 0.717) is 5.69 Å². The topological polar surface area (TPSA) is 77.9 Å². The molecule has 0 aliphatic heterocycles. The molecule has 0 bridgehead atoms. The number of carbonyl (C=O) groups is 1. The van der Waals surface area contributed by atoms with Crippen LogP contribution in [-0.2, 0) is 4.79 Å². The lowest BCUT2D eigenvalue weighted by Crippen LogP contribution is -2.12. The van der Waals surface area contributed by atoms with E-state index in [1.54, 1.807) is 6.92 Å². The zero-order valence-corrected chi connectivity index (χ0v) is 17.4. The van der Waals surface area contributed by atoms with E-state index in [-0.39, 0.29) is 28.9 Å². The van der Waals surface area contributed by atoms with Gasteiger partial charge in [-0.15, -0.1) is 0 Å². The molecule has 0 saturated carbocycles. The van der Waals surface area contributed by atoms with Crippen molar-refractivity contribution in [2.75, 3.05) is 10.4 Å². The molecule has 0 aliphatic carbocycles. The van der Waals surface area contributed by atoms with Crippen molar-refractivity contribution in [1.82, 2.24) is 4.98 Å². The Morgan fingerprint density at radius 2 is 1.96 bits per heavy atom. The molecule has 0 fully saturated rings. The minimum Gasteiger partial charge on any atom is -0.356 e. The van der Waals surface area contributed by atoms with Crippen LogP contribution >= 0.6 is 28.4 Å². The second-order valence-corrected chi connectivity index (χ2v) is 7.49. The van der Waals surface area contributed by atoms with Crippen molar-refractivity contribution in [2.45, 2.75) is 13.8 Å². The number of amides is 1. The first-order valence-corrected chi connectivity index (χ1v) is 11.7. The van der Waals surface area contributed by atoms with Gasteiger partial charge in [-0.25, -0.2) is 13.2 Å². The molecule has 0 aliphatic rings. The van der Waals surface area contributed by atoms with Gasteiger partial charge >= 0.3 is 0 Å². The SMILES string of the molecule is Cc1ncc(F)c(C)c1NC(=O)/C=C/c1c(F)cc(C=N)c(NPI)c1F. The van der Waals surface area contributed by atoms with E-state index in [1.165, 1.54) is 6.92 Å². The Labute approximate surface area is 168 Å². The molecule has 2 aromatic rings. The molecule has 1 aromatic carbocycles. The van der Waals surface area contributed by atoms with Crippen molar-refractivity contribution < 1.29 is 18.0 Å². The van der Waals surface area contributed by atoms with E-state index >= 15 is 0 Å². The van der Waals surface area contributed by atoms with Gasteiger partial charge in [-0.2, -0.15) is 0 Å². The van der Waals surface area contributed by atoms with Crippen LogP contribution in [0.3, 0.4) is 0 Å². The van der Waals surface area contributed by atoms with Crippen molar-refractivity contribution in [3.05, 3.63) is 58.2 Å². The molecule has 5 nitrogen and oxygen atoms in total. The minimum atomic E-state index is -0.905. The lowest BCUT2D eigenvalue weighted by molar-refractivity contribution is -0.111. The zero-order chi connectivity index (χ0) is 20.1. The Morgan fingerprint density at radius 1 is 1.26 bits per heavy atom. The van der Waals surface area contributed by atoms with Crippen LogP contribution in [0.4, 0.5) is 24.5 Å². The number of nitrogens with zero attached hydrogens (tertiary/aromatic N) is 1. The molecule has 1 unspecified atom stereocenters. The number of anilines is 2. The van der Waals surface area contributed by atoms with Gasteiger partial charge < -0.3 is 15.8 Å². The third kappa shape index (κ3) is 4.84. The number of pyridine rings is 1. The van der Waals surface area contributed by atoms with Crippen molar-refractivity contribution in [3.8, 4) is 0 Å². The second-order valence-electron chi connectivity index (χ2n) is 5.43. The zero-order valence-electron chi connectivity index (χ0n) is 14.3. The number of halogens is 4. The molecule has 1 heterocycles. The number of nitrogens with one attached hydrogen (secondary N) is 3. The summed E-state index contributed by atoms with van der Waals surface area (Å²) >= 11 is 1.98. The first-order valence-electron chi connectivity index (χ1n) is 7.55. The van der Waals surface area contributed by atoms with Crippen LogP contribution in [0.5, 0.6) is 0 Å². The average Bonchev–Trinajstić information content (AvgIpc) is 2.64. The van der Waals surface area contributed by atoms with E-state index in [9.17, 15) is 18.0 Å². The quantitative estimate of drug-likeness (QED) is 0.220. The fraction of sp³-hybridized carbons (Fsp3) is 0.118. The first-order chi connectivity index (χ1) is 12.8. The van der Waals surface area contributed by atoms with Crippen LogP contribution in [0.25, 0.3) is 6.08 Å². The number of aryl methyl sites for hydroxylation is 1. The van der Waals surface area contributed by atoms with Crippen LogP contribution in [0.15, 0.2) is 18.3 Å². The van der Waals surface area contributed by atoms with E-state index in [2.05, 4.69) is 15.4 Å². The fourth-order valence-corrected chi connectivity index (χ4v) is 3.46. The molecular weight excluding hydrogens is 491 g/mol. The molecule has 0 spiro atoms. The van der Waals surface area contributed by atoms with Gasteiger partial charge in [0.25, 0.3) is 0 Å². The van der Waals surface area contributed by atoms with Gasteiger partial charge in [-0.1, -0.05) is 0 Å². The maximum Gasteiger partial charge on any atom is 0.248 e. The molecule has 1 aromatic heterocycles. The lowest BCUT2D eigenvalue weighted by Gasteiger charge is -2.11. The summed E-state index contributed by atoms with van der Waals surface area (Å²) in [6.45, 7) is 3.09. The van der Waals surface area contributed by atoms with Gasteiger partial charge in [0.1, 0.15) is 11.6 Å². The van der Waals surface area contributed by atoms with E-state index in [4.69, 9.17) is 5.41 Å². The van der Waals surface area contributed by atoms with E-state index in [1.807, 2.05) is 22.0 Å². The lowest BCUT2D eigenvalue weighted by atomic mass is 10.1. The fourth-order valence-electron chi connectivity index (χ4n) is 2.31. The maximum atomic E-state index is 14.6. The number of benzene rings is 1. The van der Waals surface area contributed by atoms with Crippen LogP contribution < -0.4 is 10.4 Å². The Balaban J connectivity index is 2.33. The van der Waals surface area contributed by atoms with Crippen LogP contribution in [0.2, 0.25) is 0 Å². The molecule has 0 saturated heterocycles. The van der Waals surface area contributed by atoms with Gasteiger partial charge in [-0.3, -0.25) is 9.78 Å². The predicted octanol–water partition coefficient (Wildman–Crippen LogP) is 5.12. The summed E-state index contributed by atoms with van der Waals surface area (Å²) < 4.78 is 42.3. The highest BCUT2D eigenvalue weighted by Gasteiger charge is 2.16. The first kappa shape index (κ1) is 21.3. The van der Waals surface area contributed by atoms with Gasteiger partial charge in [0.15, 0.2) is 5.82 Å². The third-order valence-electron chi connectivity index (χ3n) is 3.73. The highest BCUT2D eigenvalue weighted by atomic mass is 127.